The van der Waals surface area contributed by atoms with Crippen molar-refractivity contribution in [3.8, 4) is 0 Å². The fourth-order valence-electron chi connectivity index (χ4n) is 15.0. The minimum absolute atomic E-state index is 0.0277. The van der Waals surface area contributed by atoms with Crippen LogP contribution in [0, 0.1) is 6.92 Å². The number of amides is 3. The van der Waals surface area contributed by atoms with Crippen molar-refractivity contribution >= 4 is 71.8 Å². The Labute approximate surface area is 822 Å². The molecular formula is C98H159N4O35S2+. The predicted octanol–water partition coefficient (Wildman–Crippen LogP) is 8.85. The summed E-state index contributed by atoms with van der Waals surface area (Å²) in [6, 6.07) is 11.8. The molecule has 1 saturated heterocycles. The molecule has 0 aliphatic carbocycles. The average molecular weight is 2020 g/mol. The lowest BCUT2D eigenvalue weighted by Gasteiger charge is -2.31. The van der Waals surface area contributed by atoms with Gasteiger partial charge in [-0.05, 0) is 101 Å². The molecule has 1 atom stereocenters. The Morgan fingerprint density at radius 2 is 0.813 bits per heavy atom. The van der Waals surface area contributed by atoms with E-state index in [0.29, 0.717) is 378 Å². The molecule has 3 heterocycles. The highest BCUT2D eigenvalue weighted by molar-refractivity contribution is 7.86. The minimum Gasteiger partial charge on any atom is -0.382 e. The second-order valence-electron chi connectivity index (χ2n) is 33.1. The summed E-state index contributed by atoms with van der Waals surface area (Å²) in [5.74, 6) is -1.90. The number of ether oxygens (including phenoxy) is 24. The number of unbranched alkanes of at least 4 members (excludes halogenated alkanes) is 5. The maximum Gasteiger partial charge on any atom is 0.333 e. The number of hydrogen-bond acceptors (Lipinski definition) is 34. The lowest BCUT2D eigenvalue weighted by Crippen LogP contribution is -2.32. The molecule has 0 spiro atoms. The van der Waals surface area contributed by atoms with Gasteiger partial charge in [-0.25, -0.2) is 4.79 Å². The van der Waals surface area contributed by atoms with Gasteiger partial charge >= 0.3 is 5.97 Å². The second-order valence-corrected chi connectivity index (χ2v) is 35.9. The van der Waals surface area contributed by atoms with E-state index < -0.39 is 53.2 Å². The molecule has 1 fully saturated rings. The monoisotopic (exact) mass is 2020 g/mol. The van der Waals surface area contributed by atoms with Crippen molar-refractivity contribution in [2.45, 2.75) is 139 Å². The first kappa shape index (κ1) is 121. The Morgan fingerprint density at radius 1 is 0.432 bits per heavy atom. The van der Waals surface area contributed by atoms with E-state index in [1.807, 2.05) is 31.2 Å². The summed E-state index contributed by atoms with van der Waals surface area (Å²) in [5.41, 5.74) is 5.43. The summed E-state index contributed by atoms with van der Waals surface area (Å²) in [4.78, 5) is 55.8. The number of imide groups is 1. The van der Waals surface area contributed by atoms with E-state index in [0.717, 1.165) is 61.0 Å². The normalized spacial score (nSPS) is 15.3. The molecule has 0 aromatic heterocycles. The van der Waals surface area contributed by atoms with Gasteiger partial charge in [0.25, 0.3) is 32.1 Å². The van der Waals surface area contributed by atoms with E-state index in [9.17, 15) is 45.1 Å². The molecule has 3 aliphatic rings. The molecule has 3 N–H and O–H groups in total. The summed E-state index contributed by atoms with van der Waals surface area (Å²) < 4.78 is 207. The number of nitrogens with one attached hydrogen (secondary N) is 1. The van der Waals surface area contributed by atoms with Gasteiger partial charge < -0.3 is 129 Å². The van der Waals surface area contributed by atoms with E-state index in [2.05, 4.69) is 66.8 Å². The second kappa shape index (κ2) is 75.3. The van der Waals surface area contributed by atoms with E-state index in [1.165, 1.54) is 17.7 Å². The van der Waals surface area contributed by atoms with Crippen molar-refractivity contribution in [1.82, 2.24) is 10.4 Å². The van der Waals surface area contributed by atoms with E-state index >= 15 is 0 Å². The fourth-order valence-corrected chi connectivity index (χ4v) is 16.3. The summed E-state index contributed by atoms with van der Waals surface area (Å²) in [6.45, 7) is 34.2. The van der Waals surface area contributed by atoms with E-state index in [-0.39, 0.29) is 41.4 Å². The maximum atomic E-state index is 13.0. The summed E-state index contributed by atoms with van der Waals surface area (Å²) in [5, 5.41) is 3.78. The van der Waals surface area contributed by atoms with Gasteiger partial charge in [-0.3, -0.25) is 23.5 Å². The lowest BCUT2D eigenvalue weighted by molar-refractivity contribution is -0.438. The largest absolute Gasteiger partial charge is 0.382 e. The van der Waals surface area contributed by atoms with Crippen molar-refractivity contribution in [3.05, 3.63) is 95.2 Å². The van der Waals surface area contributed by atoms with Crippen LogP contribution in [-0.2, 0) is 169 Å². The van der Waals surface area contributed by atoms with Crippen molar-refractivity contribution in [3.63, 3.8) is 0 Å². The topological polar surface area (TPSA) is 429 Å². The number of hydrogen-bond donors (Lipinski definition) is 3. The first-order valence-electron chi connectivity index (χ1n) is 48.9. The molecule has 0 bridgehead atoms. The molecular weight excluding hydrogens is 1860 g/mol. The van der Waals surface area contributed by atoms with Crippen LogP contribution in [0.15, 0.2) is 88.3 Å². The first-order chi connectivity index (χ1) is 67.6. The maximum absolute atomic E-state index is 13.0. The van der Waals surface area contributed by atoms with Crippen LogP contribution in [-0.4, -0.2) is 402 Å². The van der Waals surface area contributed by atoms with Crippen LogP contribution in [0.1, 0.15) is 128 Å². The summed E-state index contributed by atoms with van der Waals surface area (Å²) in [6.07, 6.45) is 16.1. The molecule has 3 aliphatic heterocycles. The van der Waals surface area contributed by atoms with Crippen molar-refractivity contribution in [1.29, 1.82) is 0 Å². The summed E-state index contributed by atoms with van der Waals surface area (Å²) >= 11 is 0. The number of aryl methyl sites for hydroxylation is 1. The van der Waals surface area contributed by atoms with E-state index in [4.69, 9.17) is 119 Å². The Kier molecular flexibility index (Phi) is 65.7. The molecule has 39 nitrogen and oxygen atoms in total. The van der Waals surface area contributed by atoms with Gasteiger partial charge in [0.05, 0.1) is 321 Å². The number of carbonyl (C=O) groups excluding carboxylic acids is 4. The van der Waals surface area contributed by atoms with Crippen molar-refractivity contribution in [2.75, 3.05) is 342 Å². The zero-order valence-corrected chi connectivity index (χ0v) is 84.6. The third-order valence-electron chi connectivity index (χ3n) is 22.1. The number of carbonyl (C=O) groups is 4. The number of hydroxylamine groups is 2. The van der Waals surface area contributed by atoms with Gasteiger partial charge in [0.1, 0.15) is 11.4 Å². The number of rotatable bonds is 93. The minimum atomic E-state index is -5.00. The molecule has 0 radical (unpaired) electrons. The molecule has 41 heteroatoms. The van der Waals surface area contributed by atoms with Crippen molar-refractivity contribution in [2.24, 2.45) is 0 Å². The standard InChI is InChI=1S/C98H158N4O35S2/c1-7-8-30-101-88-25-23-84-85(80-83(138(107,108)109)81-89(84)139(110,111)112)96(88)98(5,28-16-10-15-21-95(106)137-102-93(104)26-27-94(102)105)91(101)19-13-9-12-18-90-97(3,4)86-79-82(2)22-24-87(86)100(90)31-17-11-14-20-92(103)99-29-32-114-35-36-116-39-40-118-43-44-120-47-48-122-51-52-124-55-56-126-59-60-128-63-64-130-67-68-132-71-72-134-75-76-136-78-77-135-74-73-133-70-69-131-66-65-129-62-61-127-58-57-125-54-53-123-50-49-121-46-45-119-42-41-117-38-37-115-34-33-113-6/h9,12-13,18-19,22-25,79-81H,7-8,10-11,14-17,20-21,26-78H2,1-6H3,(H2-,99,103,107,108,109,110,111,112)/p+1. The number of fused-ring (bicyclic) bond motifs is 4. The van der Waals surface area contributed by atoms with Crippen LogP contribution in [0.25, 0.3) is 10.8 Å². The Bertz CT molecular complexity index is 4200. The predicted molar refractivity (Wildman–Crippen MR) is 516 cm³/mol. The Morgan fingerprint density at radius 3 is 1.19 bits per heavy atom. The number of benzene rings is 3. The molecule has 0 saturated carbocycles. The van der Waals surface area contributed by atoms with Gasteiger partial charge in [0.2, 0.25) is 11.6 Å². The Hall–Kier alpha value is -6.45. The van der Waals surface area contributed by atoms with Crippen LogP contribution in [0.2, 0.25) is 0 Å². The SMILES string of the molecule is CCCCN1C(=CC=CC=CC2=[N+](CCCCCC(=O)NCCOCCOCCOCCOCCOCCOCCOCCOCCOCCOCCOCCOCCOCCOCCOCCOCCOCCOCCOCCOCCOCCOCCOCCOC)c3ccc(C)cc3C2(C)C)C(C)(CCCCCC(=O)ON2C(=O)CCC2=O)c2c1ccc1c(S(=O)(=O)O)cc(S(=O)(=O)O)cc21. The quantitative estimate of drug-likeness (QED) is 0.0156. The highest BCUT2D eigenvalue weighted by Crippen LogP contribution is 2.54. The van der Waals surface area contributed by atoms with Crippen LogP contribution < -0.4 is 10.2 Å². The third-order valence-corrected chi connectivity index (χ3v) is 23.8. The zero-order chi connectivity index (χ0) is 99.8. The van der Waals surface area contributed by atoms with Gasteiger partial charge in [0, 0.05) is 92.2 Å². The number of methoxy groups -OCH3 is 1. The number of nitrogens with zero attached hydrogens (tertiary/aromatic N) is 3. The van der Waals surface area contributed by atoms with Crippen LogP contribution in [0.3, 0.4) is 0 Å². The Balaban J connectivity index is 0.668. The molecule has 792 valence electrons. The van der Waals surface area contributed by atoms with E-state index in [1.54, 1.807) is 13.2 Å². The number of anilines is 1. The van der Waals surface area contributed by atoms with Gasteiger partial charge in [-0.2, -0.15) is 21.4 Å². The van der Waals surface area contributed by atoms with Crippen molar-refractivity contribution < 1.29 is 168 Å². The first-order valence-corrected chi connectivity index (χ1v) is 51.8. The summed E-state index contributed by atoms with van der Waals surface area (Å²) in [7, 11) is -8.33. The molecule has 6 rings (SSSR count). The molecule has 3 amide bonds. The third kappa shape index (κ3) is 51.3. The lowest BCUT2D eigenvalue weighted by atomic mass is 9.75. The van der Waals surface area contributed by atoms with Gasteiger partial charge in [-0.1, -0.05) is 62.1 Å². The molecule has 139 heavy (non-hydrogen) atoms. The smallest absolute Gasteiger partial charge is 0.333 e. The molecule has 1 unspecified atom stereocenters. The van der Waals surface area contributed by atoms with Crippen LogP contribution in [0.4, 0.5) is 11.4 Å². The molecule has 3 aromatic rings. The van der Waals surface area contributed by atoms with Gasteiger partial charge in [-0.15, -0.1) is 5.06 Å². The van der Waals surface area contributed by atoms with Gasteiger partial charge in [0.15, 0.2) is 5.71 Å². The van der Waals surface area contributed by atoms with Crippen LogP contribution in [0.5, 0.6) is 0 Å². The molecule has 3 aromatic carbocycles. The fraction of sp³-hybridized carbons (Fsp3) is 0.724. The van der Waals surface area contributed by atoms with Crippen LogP contribution >= 0.6 is 0 Å². The highest BCUT2D eigenvalue weighted by atomic mass is 32.2. The number of allylic oxidation sites excluding steroid dienone is 6. The zero-order valence-electron chi connectivity index (χ0n) is 83.0. The average Bonchev–Trinajstić information content (AvgIpc) is 1.56. The highest BCUT2D eigenvalue weighted by Gasteiger charge is 2.46.